The van der Waals surface area contributed by atoms with Crippen LogP contribution in [0.25, 0.3) is 0 Å². The van der Waals surface area contributed by atoms with Gasteiger partial charge in [-0.25, -0.2) is 4.39 Å². The molecule has 2 aliphatic rings. The number of nitrogens with zero attached hydrogens (tertiary/aromatic N) is 2. The maximum atomic E-state index is 13.8. The number of β-amino-alcohol motifs (C(OH)–C–C–N with tert-alkyl or cyclic N) is 1. The van der Waals surface area contributed by atoms with Crippen molar-refractivity contribution in [2.45, 2.75) is 56.6 Å². The predicted octanol–water partition coefficient (Wildman–Crippen LogP) is 2.06. The molecule has 2 aromatic rings. The number of benzene rings is 2. The van der Waals surface area contributed by atoms with E-state index in [-0.39, 0.29) is 31.7 Å². The number of aromatic hydroxyl groups is 1. The summed E-state index contributed by atoms with van der Waals surface area (Å²) in [4.78, 5) is 41.3. The van der Waals surface area contributed by atoms with Crippen LogP contribution in [-0.2, 0) is 33.8 Å². The van der Waals surface area contributed by atoms with Gasteiger partial charge in [0.05, 0.1) is 6.54 Å². The maximum Gasteiger partial charge on any atom is 0.419 e. The molecule has 0 saturated carbocycles. The van der Waals surface area contributed by atoms with Gasteiger partial charge in [-0.1, -0.05) is 18.2 Å². The zero-order valence-electron chi connectivity index (χ0n) is 20.5. The SMILES string of the molecule is CC(=O)NC(Cc1cccc(F)c1)C(=O)N1Cc2ccc(O)cc2CC1C(=O)N1CCC(O)(C(F)(F)F)C1. The number of likely N-dealkylation sites (tertiary alicyclic amines) is 1. The minimum absolute atomic E-state index is 0.0791. The van der Waals surface area contributed by atoms with Crippen molar-refractivity contribution in [1.82, 2.24) is 15.1 Å². The van der Waals surface area contributed by atoms with Crippen molar-refractivity contribution >= 4 is 17.7 Å². The number of aliphatic hydroxyl groups is 1. The highest BCUT2D eigenvalue weighted by molar-refractivity contribution is 5.92. The van der Waals surface area contributed by atoms with Crippen molar-refractivity contribution < 1.29 is 42.2 Å². The van der Waals surface area contributed by atoms with Crippen molar-refractivity contribution in [3.05, 3.63) is 65.0 Å². The first-order chi connectivity index (χ1) is 17.8. The summed E-state index contributed by atoms with van der Waals surface area (Å²) in [5.74, 6) is -2.63. The number of phenols is 1. The zero-order valence-corrected chi connectivity index (χ0v) is 20.5. The molecule has 204 valence electrons. The molecule has 1 saturated heterocycles. The number of hydrogen-bond acceptors (Lipinski definition) is 5. The molecule has 8 nitrogen and oxygen atoms in total. The minimum atomic E-state index is -4.94. The second-order valence-corrected chi connectivity index (χ2v) is 9.77. The average Bonchev–Trinajstić information content (AvgIpc) is 3.25. The number of nitrogens with one attached hydrogen (secondary N) is 1. The third kappa shape index (κ3) is 5.59. The third-order valence-electron chi connectivity index (χ3n) is 6.98. The van der Waals surface area contributed by atoms with E-state index in [1.165, 1.54) is 42.2 Å². The lowest BCUT2D eigenvalue weighted by Crippen LogP contribution is -2.59. The lowest BCUT2D eigenvalue weighted by Gasteiger charge is -2.39. The highest BCUT2D eigenvalue weighted by atomic mass is 19.4. The average molecular weight is 538 g/mol. The van der Waals surface area contributed by atoms with Crippen LogP contribution in [0.3, 0.4) is 0 Å². The fraction of sp³-hybridized carbons (Fsp3) is 0.423. The second-order valence-electron chi connectivity index (χ2n) is 9.77. The molecule has 3 amide bonds. The van der Waals surface area contributed by atoms with Crippen LogP contribution in [0.5, 0.6) is 5.75 Å². The van der Waals surface area contributed by atoms with Gasteiger partial charge >= 0.3 is 6.18 Å². The molecular formula is C26H27F4N3O5. The smallest absolute Gasteiger partial charge is 0.419 e. The summed E-state index contributed by atoms with van der Waals surface area (Å²) >= 11 is 0. The van der Waals surface area contributed by atoms with E-state index in [4.69, 9.17) is 0 Å². The molecule has 2 aliphatic heterocycles. The van der Waals surface area contributed by atoms with E-state index >= 15 is 0 Å². The molecule has 2 aromatic carbocycles. The van der Waals surface area contributed by atoms with Gasteiger partial charge in [-0.05, 0) is 41.0 Å². The molecule has 3 atom stereocenters. The van der Waals surface area contributed by atoms with Crippen LogP contribution in [0.1, 0.15) is 30.0 Å². The number of amides is 3. The standard InChI is InChI=1S/C26H27F4N3O5/c1-15(34)31-21(10-16-3-2-4-19(27)9-16)23(36)33-13-17-5-6-20(35)11-18(17)12-22(33)24(37)32-8-7-25(38,14-32)26(28,29)30/h2-6,9,11,21-22,35,38H,7-8,10,12-14H2,1H3,(H,31,34). The fourth-order valence-electron chi connectivity index (χ4n) is 4.99. The van der Waals surface area contributed by atoms with Gasteiger partial charge in [-0.2, -0.15) is 13.2 Å². The Hall–Kier alpha value is -3.67. The summed E-state index contributed by atoms with van der Waals surface area (Å²) in [5, 5.41) is 22.5. The normalized spacial score (nSPS) is 22.1. The lowest BCUT2D eigenvalue weighted by atomic mass is 9.91. The summed E-state index contributed by atoms with van der Waals surface area (Å²) < 4.78 is 53.9. The van der Waals surface area contributed by atoms with Gasteiger partial charge in [0.25, 0.3) is 0 Å². The van der Waals surface area contributed by atoms with E-state index in [2.05, 4.69) is 5.32 Å². The first-order valence-corrected chi connectivity index (χ1v) is 12.0. The largest absolute Gasteiger partial charge is 0.508 e. The van der Waals surface area contributed by atoms with Gasteiger partial charge in [-0.15, -0.1) is 0 Å². The van der Waals surface area contributed by atoms with Gasteiger partial charge in [0.2, 0.25) is 17.7 Å². The first kappa shape index (κ1) is 27.4. The highest BCUT2D eigenvalue weighted by Gasteiger charge is 2.58. The molecule has 0 bridgehead atoms. The van der Waals surface area contributed by atoms with Crippen molar-refractivity contribution in [1.29, 1.82) is 0 Å². The van der Waals surface area contributed by atoms with Crippen LogP contribution >= 0.6 is 0 Å². The number of halogens is 4. The van der Waals surface area contributed by atoms with E-state index < -0.39 is 60.4 Å². The van der Waals surface area contributed by atoms with Gasteiger partial charge in [0.15, 0.2) is 5.60 Å². The van der Waals surface area contributed by atoms with Gasteiger partial charge < -0.3 is 25.3 Å². The number of fused-ring (bicyclic) bond motifs is 1. The Bertz CT molecular complexity index is 1250. The lowest BCUT2D eigenvalue weighted by molar-refractivity contribution is -0.253. The third-order valence-corrected chi connectivity index (χ3v) is 6.98. The van der Waals surface area contributed by atoms with Crippen LogP contribution in [0.2, 0.25) is 0 Å². The maximum absolute atomic E-state index is 13.8. The molecule has 38 heavy (non-hydrogen) atoms. The Morgan fingerprint density at radius 1 is 1.16 bits per heavy atom. The van der Waals surface area contributed by atoms with Crippen LogP contribution in [0.15, 0.2) is 42.5 Å². The number of carbonyl (C=O) groups is 3. The van der Waals surface area contributed by atoms with Crippen LogP contribution in [-0.4, -0.2) is 74.7 Å². The van der Waals surface area contributed by atoms with Crippen molar-refractivity contribution in [2.24, 2.45) is 0 Å². The van der Waals surface area contributed by atoms with Crippen LogP contribution in [0.4, 0.5) is 17.6 Å². The van der Waals surface area contributed by atoms with E-state index in [9.17, 15) is 42.2 Å². The predicted molar refractivity (Wildman–Crippen MR) is 126 cm³/mol. The van der Waals surface area contributed by atoms with Crippen molar-refractivity contribution in [3.63, 3.8) is 0 Å². The molecule has 0 radical (unpaired) electrons. The molecule has 0 aromatic heterocycles. The Morgan fingerprint density at radius 2 is 1.89 bits per heavy atom. The van der Waals surface area contributed by atoms with Gasteiger partial charge in [0, 0.05) is 39.3 Å². The molecule has 3 unspecified atom stereocenters. The summed E-state index contributed by atoms with van der Waals surface area (Å²) in [5.41, 5.74) is -1.49. The number of rotatable bonds is 5. The van der Waals surface area contributed by atoms with E-state index in [0.29, 0.717) is 16.7 Å². The Morgan fingerprint density at radius 3 is 2.53 bits per heavy atom. The van der Waals surface area contributed by atoms with Crippen molar-refractivity contribution in [3.8, 4) is 5.75 Å². The van der Waals surface area contributed by atoms with Crippen LogP contribution in [0, 0.1) is 5.82 Å². The molecule has 12 heteroatoms. The minimum Gasteiger partial charge on any atom is -0.508 e. The monoisotopic (exact) mass is 537 g/mol. The molecule has 4 rings (SSSR count). The molecule has 1 fully saturated rings. The van der Waals surface area contributed by atoms with Crippen molar-refractivity contribution in [2.75, 3.05) is 13.1 Å². The summed E-state index contributed by atoms with van der Waals surface area (Å²) in [6, 6.07) is 7.42. The molecule has 0 spiro atoms. The quantitative estimate of drug-likeness (QED) is 0.506. The Labute approximate surface area is 215 Å². The summed E-state index contributed by atoms with van der Waals surface area (Å²) in [7, 11) is 0. The number of alkyl halides is 3. The van der Waals surface area contributed by atoms with E-state index in [0.717, 1.165) is 4.90 Å². The molecule has 3 N–H and O–H groups in total. The van der Waals surface area contributed by atoms with E-state index in [1.54, 1.807) is 12.1 Å². The number of phenolic OH excluding ortho intramolecular Hbond substituents is 1. The zero-order chi connectivity index (χ0) is 27.8. The molecular weight excluding hydrogens is 510 g/mol. The Kier molecular flexibility index (Phi) is 7.37. The Balaban J connectivity index is 1.66. The fourth-order valence-corrected chi connectivity index (χ4v) is 4.99. The summed E-state index contributed by atoms with van der Waals surface area (Å²) in [6.07, 6.45) is -5.83. The van der Waals surface area contributed by atoms with Gasteiger partial charge in [0.1, 0.15) is 23.7 Å². The molecule has 2 heterocycles. The molecule has 0 aliphatic carbocycles. The summed E-state index contributed by atoms with van der Waals surface area (Å²) in [6.45, 7) is -0.246. The highest BCUT2D eigenvalue weighted by Crippen LogP contribution is 2.38. The van der Waals surface area contributed by atoms with Crippen LogP contribution < -0.4 is 5.32 Å². The van der Waals surface area contributed by atoms with E-state index in [1.807, 2.05) is 0 Å². The topological polar surface area (TPSA) is 110 Å². The first-order valence-electron chi connectivity index (χ1n) is 12.0. The second kappa shape index (κ2) is 10.2. The number of carbonyl (C=O) groups excluding carboxylic acids is 3. The number of hydrogen-bond donors (Lipinski definition) is 3. The van der Waals surface area contributed by atoms with Gasteiger partial charge in [-0.3, -0.25) is 14.4 Å².